The number of ether oxygens (including phenoxy) is 2. The number of non-ortho nitro benzene ring substituents is 1. The number of nitro groups is 1. The molecule has 1 aromatic carbocycles. The first kappa shape index (κ1) is 17.4. The second kappa shape index (κ2) is 7.96. The van der Waals surface area contributed by atoms with Crippen LogP contribution < -0.4 is 5.32 Å². The molecule has 0 fully saturated rings. The van der Waals surface area contributed by atoms with Crippen molar-refractivity contribution in [2.24, 2.45) is 0 Å². The van der Waals surface area contributed by atoms with E-state index in [1.807, 2.05) is 0 Å². The summed E-state index contributed by atoms with van der Waals surface area (Å²) >= 11 is 0. The van der Waals surface area contributed by atoms with Crippen molar-refractivity contribution in [1.82, 2.24) is 0 Å². The maximum absolute atomic E-state index is 12.1. The minimum absolute atomic E-state index is 0.00273. The lowest BCUT2D eigenvalue weighted by Crippen LogP contribution is -2.18. The van der Waals surface area contributed by atoms with Gasteiger partial charge in [-0.15, -0.1) is 0 Å². The van der Waals surface area contributed by atoms with Crippen molar-refractivity contribution in [3.05, 3.63) is 33.4 Å². The molecule has 0 bridgehead atoms. The van der Waals surface area contributed by atoms with E-state index in [0.29, 0.717) is 12.0 Å². The smallest absolute Gasteiger partial charge is 0.411 e. The molecular formula is C14H18N2O6. The predicted octanol–water partition coefficient (Wildman–Crippen LogP) is 2.90. The number of hydrogen-bond donors (Lipinski definition) is 1. The number of aryl methyl sites for hydroxylation is 1. The summed E-state index contributed by atoms with van der Waals surface area (Å²) in [7, 11) is 0. The van der Waals surface area contributed by atoms with Crippen molar-refractivity contribution in [2.45, 2.75) is 27.2 Å². The molecule has 0 saturated heterocycles. The summed E-state index contributed by atoms with van der Waals surface area (Å²) in [5, 5.41) is 13.3. The average Bonchev–Trinajstić information content (AvgIpc) is 2.46. The van der Waals surface area contributed by atoms with Gasteiger partial charge < -0.3 is 9.47 Å². The van der Waals surface area contributed by atoms with Gasteiger partial charge in [-0.1, -0.05) is 6.92 Å². The molecule has 1 amide bonds. The van der Waals surface area contributed by atoms with Gasteiger partial charge in [0.1, 0.15) is 0 Å². The molecule has 0 unspecified atom stereocenters. The molecule has 1 rings (SSSR count). The molecule has 8 nitrogen and oxygen atoms in total. The third kappa shape index (κ3) is 4.18. The van der Waals surface area contributed by atoms with E-state index < -0.39 is 17.0 Å². The van der Waals surface area contributed by atoms with Crippen molar-refractivity contribution in [1.29, 1.82) is 0 Å². The van der Waals surface area contributed by atoms with Gasteiger partial charge in [-0.05, 0) is 25.8 Å². The van der Waals surface area contributed by atoms with Gasteiger partial charge in [-0.2, -0.15) is 0 Å². The molecule has 8 heteroatoms. The van der Waals surface area contributed by atoms with E-state index in [4.69, 9.17) is 9.47 Å². The van der Waals surface area contributed by atoms with Gasteiger partial charge in [0.25, 0.3) is 5.69 Å². The van der Waals surface area contributed by atoms with Crippen molar-refractivity contribution < 1.29 is 24.0 Å². The number of rotatable bonds is 6. The van der Waals surface area contributed by atoms with Crippen LogP contribution in [-0.4, -0.2) is 30.2 Å². The average molecular weight is 310 g/mol. The first-order valence-corrected chi connectivity index (χ1v) is 6.86. The van der Waals surface area contributed by atoms with Crippen molar-refractivity contribution in [3.63, 3.8) is 0 Å². The molecule has 0 heterocycles. The van der Waals surface area contributed by atoms with E-state index >= 15 is 0 Å². The fourth-order valence-corrected chi connectivity index (χ4v) is 1.89. The molecule has 0 aromatic heterocycles. The molecule has 1 N–H and O–H groups in total. The Morgan fingerprint density at radius 1 is 1.18 bits per heavy atom. The second-order valence-electron chi connectivity index (χ2n) is 4.20. The summed E-state index contributed by atoms with van der Waals surface area (Å²) in [6.07, 6.45) is -0.427. The number of anilines is 1. The number of esters is 1. The van der Waals surface area contributed by atoms with Crippen LogP contribution in [0, 0.1) is 10.1 Å². The zero-order chi connectivity index (χ0) is 16.7. The summed E-state index contributed by atoms with van der Waals surface area (Å²) in [6, 6.07) is 2.41. The Morgan fingerprint density at radius 3 is 2.32 bits per heavy atom. The van der Waals surface area contributed by atoms with Crippen LogP contribution >= 0.6 is 0 Å². The third-order valence-electron chi connectivity index (χ3n) is 2.79. The lowest BCUT2D eigenvalue weighted by atomic mass is 10.0. The number of hydrogen-bond acceptors (Lipinski definition) is 6. The molecule has 0 aliphatic heterocycles. The first-order valence-electron chi connectivity index (χ1n) is 6.86. The Morgan fingerprint density at radius 2 is 1.82 bits per heavy atom. The standard InChI is InChI=1S/C14H18N2O6/c1-4-9-7-10(16(19)20)8-11(15-14(18)22-6-3)12(9)13(17)21-5-2/h7-8H,4-6H2,1-3H3,(H,15,18). The zero-order valence-corrected chi connectivity index (χ0v) is 12.7. The second-order valence-corrected chi connectivity index (χ2v) is 4.20. The summed E-state index contributed by atoms with van der Waals surface area (Å²) < 4.78 is 9.69. The van der Waals surface area contributed by atoms with E-state index in [1.54, 1.807) is 20.8 Å². The van der Waals surface area contributed by atoms with E-state index in [2.05, 4.69) is 5.32 Å². The van der Waals surface area contributed by atoms with Crippen LogP contribution in [0.15, 0.2) is 12.1 Å². The Labute approximate surface area is 127 Å². The van der Waals surface area contributed by atoms with Crippen molar-refractivity contribution in [2.75, 3.05) is 18.5 Å². The van der Waals surface area contributed by atoms with Crippen LogP contribution in [0.1, 0.15) is 36.7 Å². The van der Waals surface area contributed by atoms with Crippen LogP contribution in [-0.2, 0) is 15.9 Å². The SMILES string of the molecule is CCOC(=O)Nc1cc([N+](=O)[O-])cc(CC)c1C(=O)OCC. The number of amides is 1. The minimum atomic E-state index is -0.796. The Kier molecular flexibility index (Phi) is 6.30. The fourth-order valence-electron chi connectivity index (χ4n) is 1.89. The van der Waals surface area contributed by atoms with Gasteiger partial charge in [0.2, 0.25) is 0 Å². The molecule has 0 radical (unpaired) electrons. The number of nitro benzene ring substituents is 1. The minimum Gasteiger partial charge on any atom is -0.462 e. The summed E-state index contributed by atoms with van der Waals surface area (Å²) in [6.45, 7) is 5.30. The molecule has 120 valence electrons. The summed E-state index contributed by atoms with van der Waals surface area (Å²) in [5.41, 5.74) is 0.294. The maximum atomic E-state index is 12.1. The van der Waals surface area contributed by atoms with Gasteiger partial charge in [-0.3, -0.25) is 15.4 Å². The van der Waals surface area contributed by atoms with Crippen LogP contribution in [0.2, 0.25) is 0 Å². The fraction of sp³-hybridized carbons (Fsp3) is 0.429. The van der Waals surface area contributed by atoms with Gasteiger partial charge in [0, 0.05) is 12.1 Å². The quantitative estimate of drug-likeness (QED) is 0.491. The number of benzene rings is 1. The number of carbonyl (C=O) groups is 2. The van der Waals surface area contributed by atoms with Crippen LogP contribution in [0.4, 0.5) is 16.2 Å². The topological polar surface area (TPSA) is 108 Å². The lowest BCUT2D eigenvalue weighted by Gasteiger charge is -2.13. The molecule has 0 spiro atoms. The molecule has 0 saturated carbocycles. The highest BCUT2D eigenvalue weighted by atomic mass is 16.6. The summed E-state index contributed by atoms with van der Waals surface area (Å²) in [4.78, 5) is 34.0. The van der Waals surface area contributed by atoms with Gasteiger partial charge >= 0.3 is 12.1 Å². The molecule has 0 atom stereocenters. The van der Waals surface area contributed by atoms with Gasteiger partial charge in [0.15, 0.2) is 0 Å². The predicted molar refractivity (Wildman–Crippen MR) is 79.1 cm³/mol. The molecule has 22 heavy (non-hydrogen) atoms. The van der Waals surface area contributed by atoms with Gasteiger partial charge in [0.05, 0.1) is 29.4 Å². The van der Waals surface area contributed by atoms with E-state index in [-0.39, 0.29) is 30.2 Å². The Hall–Kier alpha value is -2.64. The Bertz CT molecular complexity index is 585. The highest BCUT2D eigenvalue weighted by molar-refractivity contribution is 6.01. The third-order valence-corrected chi connectivity index (χ3v) is 2.79. The highest BCUT2D eigenvalue weighted by Gasteiger charge is 2.23. The number of carbonyl (C=O) groups excluding carboxylic acids is 2. The molecule has 1 aromatic rings. The van der Waals surface area contributed by atoms with Crippen LogP contribution in [0.25, 0.3) is 0 Å². The molecule has 0 aliphatic rings. The number of nitrogens with zero attached hydrogens (tertiary/aromatic N) is 1. The van der Waals surface area contributed by atoms with Gasteiger partial charge in [-0.25, -0.2) is 9.59 Å². The first-order chi connectivity index (χ1) is 10.4. The molecular weight excluding hydrogens is 292 g/mol. The van der Waals surface area contributed by atoms with E-state index in [9.17, 15) is 19.7 Å². The van der Waals surface area contributed by atoms with Crippen LogP contribution in [0.5, 0.6) is 0 Å². The molecule has 0 aliphatic carbocycles. The highest BCUT2D eigenvalue weighted by Crippen LogP contribution is 2.28. The Balaban J connectivity index is 3.38. The van der Waals surface area contributed by atoms with Crippen molar-refractivity contribution in [3.8, 4) is 0 Å². The van der Waals surface area contributed by atoms with E-state index in [0.717, 1.165) is 6.07 Å². The zero-order valence-electron chi connectivity index (χ0n) is 12.7. The normalized spacial score (nSPS) is 9.95. The largest absolute Gasteiger partial charge is 0.462 e. The van der Waals surface area contributed by atoms with Crippen molar-refractivity contribution >= 4 is 23.4 Å². The lowest BCUT2D eigenvalue weighted by molar-refractivity contribution is -0.384. The summed E-state index contributed by atoms with van der Waals surface area (Å²) in [5.74, 6) is -0.652. The van der Waals surface area contributed by atoms with Crippen LogP contribution in [0.3, 0.4) is 0 Å². The maximum Gasteiger partial charge on any atom is 0.411 e. The van der Waals surface area contributed by atoms with E-state index in [1.165, 1.54) is 6.07 Å². The number of nitrogens with one attached hydrogen (secondary N) is 1. The monoisotopic (exact) mass is 310 g/mol.